The molecular weight excluding hydrogens is 507 g/mol. The van der Waals surface area contributed by atoms with Gasteiger partial charge in [-0.3, -0.25) is 9.59 Å². The predicted molar refractivity (Wildman–Crippen MR) is 152 cm³/mol. The van der Waals surface area contributed by atoms with Crippen molar-refractivity contribution in [2.45, 2.75) is 70.8 Å². The molecule has 0 spiro atoms. The van der Waals surface area contributed by atoms with E-state index >= 15 is 0 Å². The fourth-order valence-corrected chi connectivity index (χ4v) is 5.71. The molecule has 2 unspecified atom stereocenters. The molecule has 4 N–H and O–H groups in total. The number of anilines is 1. The van der Waals surface area contributed by atoms with Gasteiger partial charge in [-0.2, -0.15) is 0 Å². The summed E-state index contributed by atoms with van der Waals surface area (Å²) >= 11 is 12.1. The maximum absolute atomic E-state index is 12.8. The molecule has 2 aromatic rings. The van der Waals surface area contributed by atoms with Crippen LogP contribution in [0.1, 0.15) is 63.9 Å². The Morgan fingerprint density at radius 2 is 1.92 bits per heavy atom. The van der Waals surface area contributed by atoms with Crippen LogP contribution in [0.2, 0.25) is 10.0 Å². The molecule has 0 heterocycles. The second-order valence-corrected chi connectivity index (χ2v) is 11.2. The lowest BCUT2D eigenvalue weighted by molar-refractivity contribution is -0.120. The summed E-state index contributed by atoms with van der Waals surface area (Å²) < 4.78 is 0. The minimum absolute atomic E-state index is 0.0365. The summed E-state index contributed by atoms with van der Waals surface area (Å²) in [5, 5.41) is 13.3. The Morgan fingerprint density at radius 3 is 2.62 bits per heavy atom. The molecule has 5 nitrogen and oxygen atoms in total. The molecule has 1 saturated carbocycles. The lowest BCUT2D eigenvalue weighted by atomic mass is 9.88. The van der Waals surface area contributed by atoms with E-state index in [9.17, 15) is 14.7 Å². The van der Waals surface area contributed by atoms with Crippen LogP contribution in [0.3, 0.4) is 0 Å². The number of nitrogens with one attached hydrogen (secondary N) is 1. The normalized spacial score (nSPS) is 19.9. The highest BCUT2D eigenvalue weighted by molar-refractivity contribution is 6.32. The first-order valence-electron chi connectivity index (χ1n) is 13.2. The summed E-state index contributed by atoms with van der Waals surface area (Å²) in [5.74, 6) is 0.306. The minimum atomic E-state index is -0.322. The van der Waals surface area contributed by atoms with E-state index in [2.05, 4.69) is 24.9 Å². The molecule has 0 saturated heterocycles. The number of benzene rings is 2. The minimum Gasteiger partial charge on any atom is -0.506 e. The highest BCUT2D eigenvalue weighted by Gasteiger charge is 2.36. The van der Waals surface area contributed by atoms with Gasteiger partial charge in [-0.15, -0.1) is 0 Å². The Balaban J connectivity index is 1.43. The van der Waals surface area contributed by atoms with Crippen LogP contribution in [-0.4, -0.2) is 22.8 Å². The monoisotopic (exact) mass is 544 g/mol. The number of allylic oxidation sites excluding steroid dienone is 1. The standard InChI is InChI=1S/C30H38Cl2N2O3/c1-3-5-20(14-21-6-4-7-23(31)15-21)9-8-19(2)28(35)12-10-22-16-25(27(33)17-22)30(37)34-24-11-13-29(36)26(32)18-24/h4,6-7,11,13,15,18,20,22,25,27,36H,2-3,5,8-10,12,14,16-17,33H2,1H3,(H,34,37)/t20?,22?,25-,27-/m0/s1. The van der Waals surface area contributed by atoms with Crippen LogP contribution in [-0.2, 0) is 16.0 Å². The summed E-state index contributed by atoms with van der Waals surface area (Å²) in [6.45, 7) is 6.27. The average molecular weight is 546 g/mol. The number of carbonyl (C=O) groups is 2. The molecule has 200 valence electrons. The number of phenolic OH excluding ortho intramolecular Hbond substituents is 1. The van der Waals surface area contributed by atoms with E-state index in [4.69, 9.17) is 28.9 Å². The number of ketones is 1. The van der Waals surface area contributed by atoms with E-state index in [0.29, 0.717) is 49.3 Å². The van der Waals surface area contributed by atoms with Crippen LogP contribution < -0.4 is 11.1 Å². The van der Waals surface area contributed by atoms with Gasteiger partial charge in [-0.25, -0.2) is 0 Å². The number of nitrogens with two attached hydrogens (primary N) is 1. The van der Waals surface area contributed by atoms with Gasteiger partial charge < -0.3 is 16.2 Å². The number of Topliss-reactive ketones (excluding diaryl/α,β-unsaturated/α-hetero) is 1. The third-order valence-corrected chi connectivity index (χ3v) is 7.94. The Morgan fingerprint density at radius 1 is 1.14 bits per heavy atom. The van der Waals surface area contributed by atoms with Gasteiger partial charge in [0, 0.05) is 23.2 Å². The first-order valence-corrected chi connectivity index (χ1v) is 13.9. The number of aromatic hydroxyl groups is 1. The van der Waals surface area contributed by atoms with Gasteiger partial charge >= 0.3 is 0 Å². The van der Waals surface area contributed by atoms with E-state index in [0.717, 1.165) is 30.7 Å². The zero-order chi connectivity index (χ0) is 26.9. The first-order chi connectivity index (χ1) is 17.7. The fourth-order valence-electron chi connectivity index (χ4n) is 5.32. The van der Waals surface area contributed by atoms with Crippen molar-refractivity contribution in [3.05, 3.63) is 70.2 Å². The molecule has 7 heteroatoms. The van der Waals surface area contributed by atoms with Crippen molar-refractivity contribution in [1.29, 1.82) is 0 Å². The van der Waals surface area contributed by atoms with Crippen molar-refractivity contribution in [3.63, 3.8) is 0 Å². The van der Waals surface area contributed by atoms with Crippen LogP contribution in [0.25, 0.3) is 0 Å². The summed E-state index contributed by atoms with van der Waals surface area (Å²) in [7, 11) is 0. The molecule has 3 rings (SSSR count). The number of carbonyl (C=O) groups excluding carboxylic acids is 2. The molecule has 2 aromatic carbocycles. The van der Waals surface area contributed by atoms with E-state index < -0.39 is 0 Å². The maximum atomic E-state index is 12.8. The van der Waals surface area contributed by atoms with Gasteiger partial charge in [-0.05, 0) is 91.8 Å². The van der Waals surface area contributed by atoms with E-state index in [-0.39, 0.29) is 40.3 Å². The molecule has 0 radical (unpaired) electrons. The number of amides is 1. The lowest BCUT2D eigenvalue weighted by Gasteiger charge is -2.17. The van der Waals surface area contributed by atoms with Crippen molar-refractivity contribution in [2.24, 2.45) is 23.5 Å². The van der Waals surface area contributed by atoms with Gasteiger partial charge in [0.05, 0.1) is 10.9 Å². The third-order valence-electron chi connectivity index (χ3n) is 7.40. The van der Waals surface area contributed by atoms with Gasteiger partial charge in [-0.1, -0.05) is 61.7 Å². The number of phenols is 1. The summed E-state index contributed by atoms with van der Waals surface area (Å²) in [5.41, 5.74) is 8.73. The Hall–Kier alpha value is -2.34. The van der Waals surface area contributed by atoms with Crippen molar-refractivity contribution in [2.75, 3.05) is 5.32 Å². The van der Waals surface area contributed by atoms with Gasteiger partial charge in [0.25, 0.3) is 0 Å². The Labute approximate surface area is 230 Å². The molecule has 4 atom stereocenters. The largest absolute Gasteiger partial charge is 0.506 e. The Kier molecular flexibility index (Phi) is 11.0. The summed E-state index contributed by atoms with van der Waals surface area (Å²) in [6, 6.07) is 12.3. The lowest BCUT2D eigenvalue weighted by Crippen LogP contribution is -2.34. The quantitative estimate of drug-likeness (QED) is 0.181. The maximum Gasteiger partial charge on any atom is 0.229 e. The Bertz CT molecular complexity index is 1100. The van der Waals surface area contributed by atoms with Crippen LogP contribution in [0.5, 0.6) is 5.75 Å². The smallest absolute Gasteiger partial charge is 0.229 e. The van der Waals surface area contributed by atoms with Crippen LogP contribution >= 0.6 is 23.2 Å². The molecule has 37 heavy (non-hydrogen) atoms. The number of hydrogen-bond donors (Lipinski definition) is 3. The molecule has 1 amide bonds. The zero-order valence-electron chi connectivity index (χ0n) is 21.5. The molecule has 0 bridgehead atoms. The molecule has 0 aromatic heterocycles. The second kappa shape index (κ2) is 14.0. The number of rotatable bonds is 13. The molecular formula is C30H38Cl2N2O3. The third kappa shape index (κ3) is 8.87. The van der Waals surface area contributed by atoms with Crippen LogP contribution in [0.15, 0.2) is 54.6 Å². The predicted octanol–water partition coefficient (Wildman–Crippen LogP) is 7.34. The zero-order valence-corrected chi connectivity index (χ0v) is 23.0. The van der Waals surface area contributed by atoms with Crippen LogP contribution in [0, 0.1) is 17.8 Å². The molecule has 1 fully saturated rings. The topological polar surface area (TPSA) is 92.4 Å². The SMILES string of the molecule is C=C(CCC(CCC)Cc1cccc(Cl)c1)C(=O)CCC1C[C@H](C(=O)Nc2ccc(O)c(Cl)c2)[C@@H](N)C1. The van der Waals surface area contributed by atoms with Gasteiger partial charge in [0.15, 0.2) is 5.78 Å². The molecule has 0 aliphatic heterocycles. The van der Waals surface area contributed by atoms with E-state index in [1.165, 1.54) is 17.7 Å². The number of hydrogen-bond acceptors (Lipinski definition) is 4. The summed E-state index contributed by atoms with van der Waals surface area (Å²) in [4.78, 5) is 25.6. The van der Waals surface area contributed by atoms with Gasteiger partial charge in [0.1, 0.15) is 5.75 Å². The first kappa shape index (κ1) is 29.2. The van der Waals surface area contributed by atoms with Crippen molar-refractivity contribution >= 4 is 40.6 Å². The van der Waals surface area contributed by atoms with E-state index in [1.54, 1.807) is 6.07 Å². The van der Waals surface area contributed by atoms with Crippen molar-refractivity contribution in [1.82, 2.24) is 0 Å². The highest BCUT2D eigenvalue weighted by atomic mass is 35.5. The molecule has 1 aliphatic carbocycles. The fraction of sp³-hybridized carbons (Fsp3) is 0.467. The highest BCUT2D eigenvalue weighted by Crippen LogP contribution is 2.35. The van der Waals surface area contributed by atoms with Gasteiger partial charge in [0.2, 0.25) is 5.91 Å². The second-order valence-electron chi connectivity index (χ2n) is 10.4. The van der Waals surface area contributed by atoms with Crippen molar-refractivity contribution in [3.8, 4) is 5.75 Å². The average Bonchev–Trinajstić information content (AvgIpc) is 3.23. The van der Waals surface area contributed by atoms with Crippen LogP contribution in [0.4, 0.5) is 5.69 Å². The number of halogens is 2. The molecule has 1 aliphatic rings. The van der Waals surface area contributed by atoms with Crippen molar-refractivity contribution < 1.29 is 14.7 Å². The summed E-state index contributed by atoms with van der Waals surface area (Å²) in [6.07, 6.45) is 7.30. The van der Waals surface area contributed by atoms with E-state index in [1.807, 2.05) is 18.2 Å².